The Balaban J connectivity index is 2.02. The summed E-state index contributed by atoms with van der Waals surface area (Å²) in [5.41, 5.74) is 3.19. The predicted molar refractivity (Wildman–Crippen MR) is 78.5 cm³/mol. The molecule has 0 atom stereocenters. The molecule has 0 fully saturated rings. The molecule has 4 heteroatoms. The average molecular weight is 319 g/mol. The van der Waals surface area contributed by atoms with Crippen molar-refractivity contribution in [3.05, 3.63) is 61.7 Å². The molecule has 0 spiro atoms. The monoisotopic (exact) mass is 318 g/mol. The van der Waals surface area contributed by atoms with Gasteiger partial charge in [0.05, 0.1) is 12.2 Å². The number of rotatable bonds is 2. The first-order valence-electron chi connectivity index (χ1n) is 6.49. The fourth-order valence-corrected chi connectivity index (χ4v) is 2.87. The van der Waals surface area contributed by atoms with Crippen LogP contribution in [0.15, 0.2) is 33.5 Å². The van der Waals surface area contributed by atoms with Crippen molar-refractivity contribution in [3.8, 4) is 0 Å². The first kappa shape index (κ1) is 12.6. The molecule has 0 radical (unpaired) electrons. The SMILES string of the molecule is Cc1nc2c(c(=O)n1Cc1ccc(Br)cc1)CCC2. The number of hydrogen-bond acceptors (Lipinski definition) is 2. The second-order valence-electron chi connectivity index (χ2n) is 4.96. The molecule has 0 aliphatic heterocycles. The second kappa shape index (κ2) is 4.93. The van der Waals surface area contributed by atoms with E-state index in [2.05, 4.69) is 20.9 Å². The summed E-state index contributed by atoms with van der Waals surface area (Å²) in [6, 6.07) is 8.05. The van der Waals surface area contributed by atoms with Crippen LogP contribution in [0, 0.1) is 6.92 Å². The Kier molecular flexibility index (Phi) is 3.27. The minimum absolute atomic E-state index is 0.142. The third kappa shape index (κ3) is 2.37. The molecule has 1 aromatic heterocycles. The number of aryl methyl sites for hydroxylation is 2. The quantitative estimate of drug-likeness (QED) is 0.853. The molecule has 3 nitrogen and oxygen atoms in total. The van der Waals surface area contributed by atoms with Crippen LogP contribution >= 0.6 is 15.9 Å². The second-order valence-corrected chi connectivity index (χ2v) is 5.87. The van der Waals surface area contributed by atoms with Gasteiger partial charge in [-0.15, -0.1) is 0 Å². The third-order valence-corrected chi connectivity index (χ3v) is 4.16. The molecule has 0 N–H and O–H groups in total. The van der Waals surface area contributed by atoms with E-state index in [4.69, 9.17) is 0 Å². The Morgan fingerprint density at radius 2 is 2.00 bits per heavy atom. The Morgan fingerprint density at radius 1 is 1.26 bits per heavy atom. The molecule has 2 aromatic rings. The highest BCUT2D eigenvalue weighted by Crippen LogP contribution is 2.17. The number of fused-ring (bicyclic) bond motifs is 1. The van der Waals surface area contributed by atoms with Crippen molar-refractivity contribution in [3.63, 3.8) is 0 Å². The van der Waals surface area contributed by atoms with Crippen LogP contribution in [0.1, 0.15) is 29.1 Å². The number of benzene rings is 1. The van der Waals surface area contributed by atoms with E-state index in [0.29, 0.717) is 6.54 Å². The molecule has 1 aliphatic carbocycles. The van der Waals surface area contributed by atoms with E-state index in [9.17, 15) is 4.79 Å². The van der Waals surface area contributed by atoms with E-state index in [1.165, 1.54) is 0 Å². The molecular weight excluding hydrogens is 304 g/mol. The average Bonchev–Trinajstić information content (AvgIpc) is 2.85. The van der Waals surface area contributed by atoms with E-state index in [0.717, 1.165) is 46.4 Å². The summed E-state index contributed by atoms with van der Waals surface area (Å²) in [7, 11) is 0. The summed E-state index contributed by atoms with van der Waals surface area (Å²) >= 11 is 3.42. The number of hydrogen-bond donors (Lipinski definition) is 0. The Bertz CT molecular complexity index is 674. The largest absolute Gasteiger partial charge is 0.292 e. The lowest BCUT2D eigenvalue weighted by atomic mass is 10.2. The maximum atomic E-state index is 12.5. The van der Waals surface area contributed by atoms with Crippen LogP contribution in [0.2, 0.25) is 0 Å². The first-order chi connectivity index (χ1) is 9.15. The van der Waals surface area contributed by atoms with Gasteiger partial charge in [0.25, 0.3) is 5.56 Å². The Labute approximate surface area is 120 Å². The first-order valence-corrected chi connectivity index (χ1v) is 7.28. The molecule has 0 saturated heterocycles. The van der Waals surface area contributed by atoms with E-state index in [-0.39, 0.29) is 5.56 Å². The fraction of sp³-hybridized carbons (Fsp3) is 0.333. The van der Waals surface area contributed by atoms with Gasteiger partial charge in [-0.2, -0.15) is 0 Å². The summed E-state index contributed by atoms with van der Waals surface area (Å²) in [4.78, 5) is 17.0. The van der Waals surface area contributed by atoms with Gasteiger partial charge in [0.15, 0.2) is 0 Å². The third-order valence-electron chi connectivity index (χ3n) is 3.63. The number of halogens is 1. The van der Waals surface area contributed by atoms with Gasteiger partial charge in [-0.05, 0) is 43.9 Å². The lowest BCUT2D eigenvalue weighted by Crippen LogP contribution is -2.27. The molecule has 1 heterocycles. The van der Waals surface area contributed by atoms with Crippen LogP contribution in [0.3, 0.4) is 0 Å². The number of aromatic nitrogens is 2. The molecule has 0 bridgehead atoms. The maximum absolute atomic E-state index is 12.5. The molecule has 0 amide bonds. The topological polar surface area (TPSA) is 34.9 Å². The van der Waals surface area contributed by atoms with E-state index < -0.39 is 0 Å². The molecule has 0 saturated carbocycles. The van der Waals surface area contributed by atoms with Gasteiger partial charge in [0, 0.05) is 10.0 Å². The highest BCUT2D eigenvalue weighted by Gasteiger charge is 2.19. The van der Waals surface area contributed by atoms with Crippen LogP contribution in [-0.2, 0) is 19.4 Å². The highest BCUT2D eigenvalue weighted by atomic mass is 79.9. The van der Waals surface area contributed by atoms with Gasteiger partial charge in [-0.1, -0.05) is 28.1 Å². The van der Waals surface area contributed by atoms with Crippen molar-refractivity contribution in [2.24, 2.45) is 0 Å². The summed E-state index contributed by atoms with van der Waals surface area (Å²) in [6.45, 7) is 2.51. The van der Waals surface area contributed by atoms with Crippen LogP contribution in [-0.4, -0.2) is 9.55 Å². The summed E-state index contributed by atoms with van der Waals surface area (Å²) in [6.07, 6.45) is 2.88. The van der Waals surface area contributed by atoms with Crippen LogP contribution in [0.25, 0.3) is 0 Å². The van der Waals surface area contributed by atoms with Crippen LogP contribution in [0.5, 0.6) is 0 Å². The van der Waals surface area contributed by atoms with Gasteiger partial charge < -0.3 is 0 Å². The minimum atomic E-state index is 0.142. The molecule has 1 aliphatic rings. The lowest BCUT2D eigenvalue weighted by Gasteiger charge is -2.11. The van der Waals surface area contributed by atoms with Gasteiger partial charge in [0.1, 0.15) is 5.82 Å². The Hall–Kier alpha value is -1.42. The van der Waals surface area contributed by atoms with Gasteiger partial charge in [-0.3, -0.25) is 9.36 Å². The number of nitrogens with zero attached hydrogens (tertiary/aromatic N) is 2. The van der Waals surface area contributed by atoms with E-state index >= 15 is 0 Å². The molecule has 1 aromatic carbocycles. The van der Waals surface area contributed by atoms with Crippen LogP contribution in [0.4, 0.5) is 0 Å². The summed E-state index contributed by atoms with van der Waals surface area (Å²) in [5.74, 6) is 0.813. The highest BCUT2D eigenvalue weighted by molar-refractivity contribution is 9.10. The van der Waals surface area contributed by atoms with Gasteiger partial charge in [0.2, 0.25) is 0 Å². The minimum Gasteiger partial charge on any atom is -0.292 e. The molecule has 3 rings (SSSR count). The standard InChI is InChI=1S/C15H15BrN2O/c1-10-17-14-4-2-3-13(14)15(19)18(10)9-11-5-7-12(16)8-6-11/h5-8H,2-4,9H2,1H3. The summed E-state index contributed by atoms with van der Waals surface area (Å²) < 4.78 is 2.83. The van der Waals surface area contributed by atoms with Crippen molar-refractivity contribution in [2.75, 3.05) is 0 Å². The maximum Gasteiger partial charge on any atom is 0.257 e. The van der Waals surface area contributed by atoms with Gasteiger partial charge >= 0.3 is 0 Å². The van der Waals surface area contributed by atoms with Crippen molar-refractivity contribution < 1.29 is 0 Å². The summed E-state index contributed by atoms with van der Waals surface area (Å²) in [5, 5.41) is 0. The van der Waals surface area contributed by atoms with E-state index in [1.807, 2.05) is 31.2 Å². The van der Waals surface area contributed by atoms with Crippen molar-refractivity contribution in [2.45, 2.75) is 32.7 Å². The molecule has 98 valence electrons. The zero-order valence-electron chi connectivity index (χ0n) is 10.8. The van der Waals surface area contributed by atoms with E-state index in [1.54, 1.807) is 4.57 Å². The molecule has 0 unspecified atom stereocenters. The predicted octanol–water partition coefficient (Wildman–Crippen LogP) is 2.85. The molecule has 19 heavy (non-hydrogen) atoms. The van der Waals surface area contributed by atoms with Gasteiger partial charge in [-0.25, -0.2) is 4.98 Å². The van der Waals surface area contributed by atoms with Crippen molar-refractivity contribution in [1.82, 2.24) is 9.55 Å². The van der Waals surface area contributed by atoms with Crippen molar-refractivity contribution in [1.29, 1.82) is 0 Å². The van der Waals surface area contributed by atoms with Crippen LogP contribution < -0.4 is 5.56 Å². The zero-order chi connectivity index (χ0) is 13.4. The smallest absolute Gasteiger partial charge is 0.257 e. The van der Waals surface area contributed by atoms with Crippen molar-refractivity contribution >= 4 is 15.9 Å². The normalized spacial score (nSPS) is 13.6. The fourth-order valence-electron chi connectivity index (χ4n) is 2.61. The molecular formula is C15H15BrN2O. The zero-order valence-corrected chi connectivity index (χ0v) is 12.4. The Morgan fingerprint density at radius 3 is 2.74 bits per heavy atom. The lowest BCUT2D eigenvalue weighted by molar-refractivity contribution is 0.686.